The zero-order chi connectivity index (χ0) is 20.5. The average Bonchev–Trinajstić information content (AvgIpc) is 3.29. The number of carbonyl (C=O) groups is 3. The molecule has 1 aliphatic heterocycles. The molecule has 4 rings (SSSR count). The van der Waals surface area contributed by atoms with Gasteiger partial charge in [0, 0.05) is 23.3 Å². The molecule has 1 atom stereocenters. The second kappa shape index (κ2) is 7.56. The first-order valence-corrected chi connectivity index (χ1v) is 9.94. The molecule has 3 amide bonds. The molecule has 29 heavy (non-hydrogen) atoms. The number of hydrogen-bond acceptors (Lipinski definition) is 6. The van der Waals surface area contributed by atoms with Crippen LogP contribution in [0.3, 0.4) is 0 Å². The molecular formula is C21H18N4O3S. The van der Waals surface area contributed by atoms with Gasteiger partial charge in [0.25, 0.3) is 11.8 Å². The van der Waals surface area contributed by atoms with E-state index in [0.29, 0.717) is 11.1 Å². The Morgan fingerprint density at radius 2 is 1.86 bits per heavy atom. The van der Waals surface area contributed by atoms with Crippen molar-refractivity contribution in [3.63, 3.8) is 0 Å². The van der Waals surface area contributed by atoms with Gasteiger partial charge >= 0.3 is 0 Å². The van der Waals surface area contributed by atoms with E-state index in [4.69, 9.17) is 0 Å². The summed E-state index contributed by atoms with van der Waals surface area (Å²) in [6, 6.07) is 8.46. The molecule has 0 saturated heterocycles. The molecule has 146 valence electrons. The maximum atomic E-state index is 12.5. The van der Waals surface area contributed by atoms with Gasteiger partial charge in [-0.05, 0) is 38.1 Å². The Bertz CT molecular complexity index is 1110. The largest absolute Gasteiger partial charge is 0.346 e. The lowest BCUT2D eigenvalue weighted by Gasteiger charge is -2.16. The van der Waals surface area contributed by atoms with Gasteiger partial charge in [0.1, 0.15) is 11.6 Å². The van der Waals surface area contributed by atoms with Gasteiger partial charge in [0.15, 0.2) is 0 Å². The number of imide groups is 1. The highest BCUT2D eigenvalue weighted by Gasteiger charge is 2.36. The topological polar surface area (TPSA) is 92.3 Å². The number of fused-ring (bicyclic) bond motifs is 1. The standard InChI is InChI=1S/C21H18N4O3S/c1-12-3-4-15-16(9-12)21(28)25(20(15)27)10-18(26)23-13(2)19-24-17(11-29-19)14-5-7-22-8-6-14/h3-9,11,13H,10H2,1-2H3,(H,23,26). The summed E-state index contributed by atoms with van der Waals surface area (Å²) in [6.45, 7) is 3.35. The van der Waals surface area contributed by atoms with Crippen molar-refractivity contribution < 1.29 is 14.4 Å². The number of thiazole rings is 1. The van der Waals surface area contributed by atoms with Crippen molar-refractivity contribution in [2.45, 2.75) is 19.9 Å². The Morgan fingerprint density at radius 1 is 1.14 bits per heavy atom. The van der Waals surface area contributed by atoms with E-state index in [1.165, 1.54) is 11.3 Å². The van der Waals surface area contributed by atoms with Gasteiger partial charge in [-0.3, -0.25) is 24.3 Å². The molecular weight excluding hydrogens is 388 g/mol. The predicted octanol–water partition coefficient (Wildman–Crippen LogP) is 2.99. The smallest absolute Gasteiger partial charge is 0.262 e. The van der Waals surface area contributed by atoms with Gasteiger partial charge in [0.05, 0.1) is 22.9 Å². The van der Waals surface area contributed by atoms with Crippen molar-refractivity contribution in [2.24, 2.45) is 0 Å². The SMILES string of the molecule is Cc1ccc2c(c1)C(=O)N(CC(=O)NC(C)c1nc(-c3ccncc3)cs1)C2=O. The molecule has 1 N–H and O–H groups in total. The number of hydrogen-bond donors (Lipinski definition) is 1. The number of amides is 3. The highest BCUT2D eigenvalue weighted by molar-refractivity contribution is 7.10. The first kappa shape index (κ1) is 18.9. The van der Waals surface area contributed by atoms with Gasteiger partial charge in [-0.1, -0.05) is 11.6 Å². The minimum atomic E-state index is -0.443. The molecule has 0 saturated carbocycles. The average molecular weight is 406 g/mol. The van der Waals surface area contributed by atoms with Crippen molar-refractivity contribution in [1.29, 1.82) is 0 Å². The van der Waals surface area contributed by atoms with E-state index in [1.54, 1.807) is 30.6 Å². The summed E-state index contributed by atoms with van der Waals surface area (Å²) in [5.41, 5.74) is 3.33. The van der Waals surface area contributed by atoms with Crippen molar-refractivity contribution in [1.82, 2.24) is 20.2 Å². The highest BCUT2D eigenvalue weighted by Crippen LogP contribution is 2.26. The molecule has 0 radical (unpaired) electrons. The van der Waals surface area contributed by atoms with Crippen LogP contribution in [0.15, 0.2) is 48.1 Å². The van der Waals surface area contributed by atoms with Crippen LogP contribution in [0.2, 0.25) is 0 Å². The Kier molecular flexibility index (Phi) is 4.94. The quantitative estimate of drug-likeness (QED) is 0.658. The van der Waals surface area contributed by atoms with E-state index >= 15 is 0 Å². The normalized spacial score (nSPS) is 14.1. The van der Waals surface area contributed by atoms with Crippen LogP contribution in [0.25, 0.3) is 11.3 Å². The third-order valence-electron chi connectivity index (χ3n) is 4.67. The number of benzene rings is 1. The lowest BCUT2D eigenvalue weighted by molar-refractivity contribution is -0.122. The minimum Gasteiger partial charge on any atom is -0.346 e. The summed E-state index contributed by atoms with van der Waals surface area (Å²) in [7, 11) is 0. The molecule has 0 fully saturated rings. The van der Waals surface area contributed by atoms with E-state index in [1.807, 2.05) is 31.4 Å². The summed E-state index contributed by atoms with van der Waals surface area (Å²) in [5.74, 6) is -1.29. The second-order valence-corrected chi connectivity index (χ2v) is 7.73. The van der Waals surface area contributed by atoms with E-state index in [2.05, 4.69) is 15.3 Å². The third kappa shape index (κ3) is 3.66. The van der Waals surface area contributed by atoms with Gasteiger partial charge in [-0.2, -0.15) is 0 Å². The van der Waals surface area contributed by atoms with Crippen molar-refractivity contribution in [3.05, 3.63) is 69.8 Å². The Balaban J connectivity index is 1.42. The Labute approximate surface area is 171 Å². The van der Waals surface area contributed by atoms with E-state index in [9.17, 15) is 14.4 Å². The van der Waals surface area contributed by atoms with E-state index in [-0.39, 0.29) is 12.6 Å². The van der Waals surface area contributed by atoms with E-state index < -0.39 is 17.7 Å². The molecule has 1 unspecified atom stereocenters. The highest BCUT2D eigenvalue weighted by atomic mass is 32.1. The first-order valence-electron chi connectivity index (χ1n) is 9.06. The van der Waals surface area contributed by atoms with Crippen molar-refractivity contribution in [3.8, 4) is 11.3 Å². The molecule has 1 aromatic carbocycles. The van der Waals surface area contributed by atoms with Crippen LogP contribution in [-0.4, -0.2) is 39.1 Å². The van der Waals surface area contributed by atoms with Crippen LogP contribution < -0.4 is 5.32 Å². The Hall–Kier alpha value is -3.39. The van der Waals surface area contributed by atoms with Crippen LogP contribution in [-0.2, 0) is 4.79 Å². The van der Waals surface area contributed by atoms with Crippen molar-refractivity contribution >= 4 is 29.1 Å². The van der Waals surface area contributed by atoms with Crippen molar-refractivity contribution in [2.75, 3.05) is 6.54 Å². The Morgan fingerprint density at radius 3 is 2.62 bits per heavy atom. The number of pyridine rings is 1. The molecule has 0 bridgehead atoms. The van der Waals surface area contributed by atoms with Crippen LogP contribution in [0.1, 0.15) is 44.3 Å². The molecule has 0 spiro atoms. The molecule has 8 heteroatoms. The summed E-state index contributed by atoms with van der Waals surface area (Å²) in [5, 5.41) is 5.47. The van der Waals surface area contributed by atoms with Crippen LogP contribution in [0.5, 0.6) is 0 Å². The zero-order valence-electron chi connectivity index (χ0n) is 15.9. The fraction of sp³-hybridized carbons (Fsp3) is 0.190. The first-order chi connectivity index (χ1) is 13.9. The fourth-order valence-electron chi connectivity index (χ4n) is 3.18. The third-order valence-corrected chi connectivity index (χ3v) is 5.70. The van der Waals surface area contributed by atoms with Crippen LogP contribution in [0.4, 0.5) is 0 Å². The number of nitrogens with zero attached hydrogens (tertiary/aromatic N) is 3. The maximum Gasteiger partial charge on any atom is 0.262 e. The zero-order valence-corrected chi connectivity index (χ0v) is 16.7. The predicted molar refractivity (Wildman–Crippen MR) is 108 cm³/mol. The molecule has 3 heterocycles. The van der Waals surface area contributed by atoms with Gasteiger partial charge in [-0.15, -0.1) is 11.3 Å². The minimum absolute atomic E-state index is 0.321. The number of carbonyl (C=O) groups excluding carboxylic acids is 3. The number of aryl methyl sites for hydroxylation is 1. The maximum absolute atomic E-state index is 12.5. The summed E-state index contributed by atoms with van der Waals surface area (Å²) in [6.07, 6.45) is 3.40. The molecule has 3 aromatic rings. The molecule has 2 aromatic heterocycles. The molecule has 7 nitrogen and oxygen atoms in total. The lowest BCUT2D eigenvalue weighted by atomic mass is 10.1. The van der Waals surface area contributed by atoms with E-state index in [0.717, 1.165) is 26.7 Å². The fourth-order valence-corrected chi connectivity index (χ4v) is 4.02. The summed E-state index contributed by atoms with van der Waals surface area (Å²) >= 11 is 1.44. The number of aromatic nitrogens is 2. The molecule has 0 aliphatic carbocycles. The summed E-state index contributed by atoms with van der Waals surface area (Å²) < 4.78 is 0. The lowest BCUT2D eigenvalue weighted by Crippen LogP contribution is -2.41. The van der Waals surface area contributed by atoms with Gasteiger partial charge in [-0.25, -0.2) is 4.98 Å². The summed E-state index contributed by atoms with van der Waals surface area (Å²) in [4.78, 5) is 47.0. The number of nitrogens with one attached hydrogen (secondary N) is 1. The van der Waals surface area contributed by atoms with Gasteiger partial charge in [0.2, 0.25) is 5.91 Å². The monoisotopic (exact) mass is 406 g/mol. The molecule has 1 aliphatic rings. The second-order valence-electron chi connectivity index (χ2n) is 6.84. The number of rotatable bonds is 5. The van der Waals surface area contributed by atoms with Gasteiger partial charge < -0.3 is 5.32 Å². The van der Waals surface area contributed by atoms with Crippen LogP contribution in [0, 0.1) is 6.92 Å². The van der Waals surface area contributed by atoms with Crippen LogP contribution >= 0.6 is 11.3 Å².